The minimum atomic E-state index is 0.251. The molecule has 0 radical (unpaired) electrons. The van der Waals surface area contributed by atoms with Crippen LogP contribution in [0.1, 0.15) is 37.7 Å². The molecule has 0 spiro atoms. The summed E-state index contributed by atoms with van der Waals surface area (Å²) in [4.78, 5) is 6.81. The molecule has 5 heteroatoms. The molecule has 25 heavy (non-hydrogen) atoms. The van der Waals surface area contributed by atoms with E-state index in [-0.39, 0.29) is 6.10 Å². The van der Waals surface area contributed by atoms with Gasteiger partial charge in [-0.05, 0) is 49.7 Å². The van der Waals surface area contributed by atoms with Gasteiger partial charge in [-0.3, -0.25) is 9.88 Å². The molecule has 0 aromatic carbocycles. The van der Waals surface area contributed by atoms with Crippen LogP contribution in [0.4, 0.5) is 0 Å². The van der Waals surface area contributed by atoms with E-state index in [1.54, 1.807) is 6.20 Å². The molecule has 0 N–H and O–H groups in total. The summed E-state index contributed by atoms with van der Waals surface area (Å²) in [6.07, 6.45) is 10.3. The molecule has 3 atom stereocenters. The number of rotatable bonds is 6. The van der Waals surface area contributed by atoms with Crippen molar-refractivity contribution in [3.8, 4) is 0 Å². The Kier molecular flexibility index (Phi) is 5.98. The normalized spacial score (nSPS) is 31.1. The first-order valence-electron chi connectivity index (χ1n) is 9.82. The van der Waals surface area contributed by atoms with Gasteiger partial charge >= 0.3 is 0 Å². The summed E-state index contributed by atoms with van der Waals surface area (Å²) in [5, 5.41) is 0. The largest absolute Gasteiger partial charge is 0.381 e. The molecular formula is C20H30N2O3. The summed E-state index contributed by atoms with van der Waals surface area (Å²) >= 11 is 0. The summed E-state index contributed by atoms with van der Waals surface area (Å²) < 4.78 is 17.7. The highest BCUT2D eigenvalue weighted by Crippen LogP contribution is 2.33. The second-order valence-electron chi connectivity index (χ2n) is 7.66. The summed E-state index contributed by atoms with van der Waals surface area (Å²) in [5.74, 6) is 0.813. The summed E-state index contributed by atoms with van der Waals surface area (Å²) in [6, 6.07) is 4.62. The Labute approximate surface area is 150 Å². The molecule has 1 aromatic heterocycles. The average Bonchev–Trinajstić information content (AvgIpc) is 3.06. The first kappa shape index (κ1) is 17.4. The SMILES string of the molecule is c1cncc(COC[C@@H]2CC[C@H]3[C@H](CCN3CC3CCOCC3)O2)c1. The van der Waals surface area contributed by atoms with Crippen molar-refractivity contribution in [2.75, 3.05) is 32.9 Å². The van der Waals surface area contributed by atoms with Gasteiger partial charge in [-0.2, -0.15) is 0 Å². The molecule has 0 saturated carbocycles. The van der Waals surface area contributed by atoms with E-state index >= 15 is 0 Å². The van der Waals surface area contributed by atoms with Crippen molar-refractivity contribution in [3.05, 3.63) is 30.1 Å². The van der Waals surface area contributed by atoms with Crippen molar-refractivity contribution < 1.29 is 14.2 Å². The van der Waals surface area contributed by atoms with Crippen LogP contribution in [-0.2, 0) is 20.8 Å². The molecule has 1 aromatic rings. The lowest BCUT2D eigenvalue weighted by Crippen LogP contribution is -2.45. The minimum Gasteiger partial charge on any atom is -0.381 e. The van der Waals surface area contributed by atoms with Crippen LogP contribution in [0.2, 0.25) is 0 Å². The van der Waals surface area contributed by atoms with Gasteiger partial charge in [-0.15, -0.1) is 0 Å². The molecule has 3 saturated heterocycles. The number of nitrogens with zero attached hydrogens (tertiary/aromatic N) is 2. The summed E-state index contributed by atoms with van der Waals surface area (Å²) in [5.41, 5.74) is 1.12. The van der Waals surface area contributed by atoms with Gasteiger partial charge in [0.15, 0.2) is 0 Å². The van der Waals surface area contributed by atoms with Crippen LogP contribution in [0, 0.1) is 5.92 Å². The minimum absolute atomic E-state index is 0.251. The lowest BCUT2D eigenvalue weighted by atomic mass is 9.96. The molecule has 0 amide bonds. The first-order chi connectivity index (χ1) is 12.4. The zero-order valence-electron chi connectivity index (χ0n) is 15.0. The lowest BCUT2D eigenvalue weighted by molar-refractivity contribution is -0.103. The molecule has 4 heterocycles. The molecule has 4 rings (SSSR count). The third-order valence-electron chi connectivity index (χ3n) is 5.88. The number of hydrogen-bond acceptors (Lipinski definition) is 5. The molecule has 5 nitrogen and oxygen atoms in total. The molecule has 0 aliphatic carbocycles. The summed E-state index contributed by atoms with van der Waals surface area (Å²) in [7, 11) is 0. The van der Waals surface area contributed by atoms with Gasteiger partial charge in [0.05, 0.1) is 25.4 Å². The molecular weight excluding hydrogens is 316 g/mol. The van der Waals surface area contributed by atoms with Crippen LogP contribution in [0.3, 0.4) is 0 Å². The van der Waals surface area contributed by atoms with E-state index in [1.807, 2.05) is 12.3 Å². The van der Waals surface area contributed by atoms with Crippen molar-refractivity contribution >= 4 is 0 Å². The molecule has 3 fully saturated rings. The highest BCUT2D eigenvalue weighted by atomic mass is 16.5. The van der Waals surface area contributed by atoms with Crippen LogP contribution in [0.25, 0.3) is 0 Å². The van der Waals surface area contributed by atoms with Crippen molar-refractivity contribution in [1.29, 1.82) is 0 Å². The van der Waals surface area contributed by atoms with Crippen molar-refractivity contribution in [2.45, 2.75) is 57.0 Å². The number of pyridine rings is 1. The Hall–Kier alpha value is -1.01. The van der Waals surface area contributed by atoms with E-state index in [0.717, 1.165) is 31.1 Å². The summed E-state index contributed by atoms with van der Waals surface area (Å²) in [6.45, 7) is 5.63. The Bertz CT molecular complexity index is 521. The zero-order chi connectivity index (χ0) is 16.9. The fourth-order valence-corrected chi connectivity index (χ4v) is 4.49. The quantitative estimate of drug-likeness (QED) is 0.792. The Balaban J connectivity index is 1.20. The van der Waals surface area contributed by atoms with Gasteiger partial charge in [0, 0.05) is 44.7 Å². The maximum Gasteiger partial charge on any atom is 0.0813 e. The number of ether oxygens (including phenoxy) is 3. The van der Waals surface area contributed by atoms with Crippen molar-refractivity contribution in [3.63, 3.8) is 0 Å². The van der Waals surface area contributed by atoms with E-state index in [0.29, 0.717) is 25.4 Å². The molecule has 138 valence electrons. The molecule has 3 aliphatic rings. The maximum atomic E-state index is 6.36. The first-order valence-corrected chi connectivity index (χ1v) is 9.82. The van der Waals surface area contributed by atoms with Crippen LogP contribution in [0.15, 0.2) is 24.5 Å². The lowest BCUT2D eigenvalue weighted by Gasteiger charge is -2.37. The predicted octanol–water partition coefficient (Wildman–Crippen LogP) is 2.65. The zero-order valence-corrected chi connectivity index (χ0v) is 15.0. The number of hydrogen-bond donors (Lipinski definition) is 0. The standard InChI is InChI=1S/C20H30N2O3/c1-2-17(12-21-8-1)14-24-15-18-3-4-19-20(25-18)5-9-22(19)13-16-6-10-23-11-7-16/h1-2,8,12,16,18-20H,3-7,9-11,13-15H2/t18-,19-,20-/m0/s1. The van der Waals surface area contributed by atoms with E-state index in [9.17, 15) is 0 Å². The van der Waals surface area contributed by atoms with Crippen molar-refractivity contribution in [1.82, 2.24) is 9.88 Å². The highest BCUT2D eigenvalue weighted by Gasteiger charge is 2.40. The van der Waals surface area contributed by atoms with E-state index in [4.69, 9.17) is 14.2 Å². The highest BCUT2D eigenvalue weighted by molar-refractivity contribution is 5.06. The van der Waals surface area contributed by atoms with Gasteiger partial charge < -0.3 is 14.2 Å². The van der Waals surface area contributed by atoms with Gasteiger partial charge in [0.1, 0.15) is 0 Å². The topological polar surface area (TPSA) is 43.8 Å². The van der Waals surface area contributed by atoms with Gasteiger partial charge in [0.2, 0.25) is 0 Å². The Morgan fingerprint density at radius 3 is 2.92 bits per heavy atom. The van der Waals surface area contributed by atoms with Gasteiger partial charge in [0.25, 0.3) is 0 Å². The van der Waals surface area contributed by atoms with Gasteiger partial charge in [-0.1, -0.05) is 6.07 Å². The van der Waals surface area contributed by atoms with E-state index in [1.165, 1.54) is 38.8 Å². The maximum absolute atomic E-state index is 6.36. The van der Waals surface area contributed by atoms with Crippen LogP contribution in [0.5, 0.6) is 0 Å². The average molecular weight is 346 g/mol. The Morgan fingerprint density at radius 2 is 2.08 bits per heavy atom. The smallest absolute Gasteiger partial charge is 0.0813 e. The fourth-order valence-electron chi connectivity index (χ4n) is 4.49. The van der Waals surface area contributed by atoms with Crippen LogP contribution >= 0.6 is 0 Å². The van der Waals surface area contributed by atoms with Gasteiger partial charge in [-0.25, -0.2) is 0 Å². The Morgan fingerprint density at radius 1 is 1.16 bits per heavy atom. The second kappa shape index (κ2) is 8.58. The fraction of sp³-hybridized carbons (Fsp3) is 0.750. The second-order valence-corrected chi connectivity index (χ2v) is 7.66. The third kappa shape index (κ3) is 4.59. The predicted molar refractivity (Wildman–Crippen MR) is 95.3 cm³/mol. The molecule has 0 unspecified atom stereocenters. The number of fused-ring (bicyclic) bond motifs is 1. The third-order valence-corrected chi connectivity index (χ3v) is 5.88. The number of aromatic nitrogens is 1. The van der Waals surface area contributed by atoms with Crippen LogP contribution in [-0.4, -0.2) is 61.0 Å². The van der Waals surface area contributed by atoms with E-state index < -0.39 is 0 Å². The van der Waals surface area contributed by atoms with Crippen molar-refractivity contribution in [2.24, 2.45) is 5.92 Å². The van der Waals surface area contributed by atoms with Crippen LogP contribution < -0.4 is 0 Å². The molecule has 3 aliphatic heterocycles. The van der Waals surface area contributed by atoms with E-state index in [2.05, 4.69) is 16.0 Å². The number of likely N-dealkylation sites (tertiary alicyclic amines) is 1. The monoisotopic (exact) mass is 346 g/mol. The molecule has 0 bridgehead atoms.